The summed E-state index contributed by atoms with van der Waals surface area (Å²) in [6.07, 6.45) is 1.65. The van der Waals surface area contributed by atoms with Gasteiger partial charge in [0.15, 0.2) is 17.1 Å². The lowest BCUT2D eigenvalue weighted by atomic mass is 10.2. The highest BCUT2D eigenvalue weighted by Gasteiger charge is 2.17. The number of H-pyrrole nitrogens is 1. The Labute approximate surface area is 135 Å². The van der Waals surface area contributed by atoms with Gasteiger partial charge in [-0.25, -0.2) is 9.78 Å². The first-order valence-corrected chi connectivity index (χ1v) is 7.23. The van der Waals surface area contributed by atoms with Crippen molar-refractivity contribution in [2.24, 2.45) is 7.05 Å². The quantitative estimate of drug-likeness (QED) is 0.600. The summed E-state index contributed by atoms with van der Waals surface area (Å²) in [6, 6.07) is 6.93. The maximum Gasteiger partial charge on any atom is 0.357 e. The number of benzene rings is 1. The molecule has 0 bridgehead atoms. The molecule has 0 aliphatic carbocycles. The van der Waals surface area contributed by atoms with Gasteiger partial charge < -0.3 is 9.84 Å². The van der Waals surface area contributed by atoms with E-state index in [1.54, 1.807) is 35.1 Å². The Balaban J connectivity index is 1.88. The van der Waals surface area contributed by atoms with Crippen LogP contribution in [0.4, 0.5) is 0 Å². The second-order valence-corrected chi connectivity index (χ2v) is 5.37. The number of carbonyl (C=O) groups is 1. The third-order valence-electron chi connectivity index (χ3n) is 3.84. The number of rotatable bonds is 3. The number of aromatic nitrogens is 5. The summed E-state index contributed by atoms with van der Waals surface area (Å²) < 4.78 is 7.73. The monoisotopic (exact) mass is 323 g/mol. The van der Waals surface area contributed by atoms with Crippen LogP contribution in [0.25, 0.3) is 21.9 Å². The predicted octanol–water partition coefficient (Wildman–Crippen LogP) is 2.64. The van der Waals surface area contributed by atoms with E-state index in [4.69, 9.17) is 4.74 Å². The summed E-state index contributed by atoms with van der Waals surface area (Å²) >= 11 is 0. The van der Waals surface area contributed by atoms with Crippen molar-refractivity contribution in [3.8, 4) is 11.5 Å². The van der Waals surface area contributed by atoms with E-state index in [2.05, 4.69) is 20.3 Å². The first kappa shape index (κ1) is 14.2. The van der Waals surface area contributed by atoms with E-state index >= 15 is 0 Å². The van der Waals surface area contributed by atoms with Gasteiger partial charge >= 0.3 is 5.97 Å². The number of carboxylic acids is 1. The Morgan fingerprint density at radius 2 is 2.12 bits per heavy atom. The van der Waals surface area contributed by atoms with Crippen molar-refractivity contribution in [1.82, 2.24) is 25.0 Å². The van der Waals surface area contributed by atoms with Crippen molar-refractivity contribution < 1.29 is 14.6 Å². The largest absolute Gasteiger partial charge is 0.476 e. The van der Waals surface area contributed by atoms with Gasteiger partial charge in [-0.3, -0.25) is 9.78 Å². The number of pyridine rings is 1. The van der Waals surface area contributed by atoms with Crippen molar-refractivity contribution in [2.75, 3.05) is 0 Å². The molecule has 4 rings (SSSR count). The number of hydrogen-bond donors (Lipinski definition) is 2. The molecule has 24 heavy (non-hydrogen) atoms. The van der Waals surface area contributed by atoms with Crippen LogP contribution < -0.4 is 4.74 Å². The fraction of sp³-hybridized carbons (Fsp3) is 0.125. The molecule has 1 aromatic carbocycles. The molecule has 0 atom stereocenters. The lowest BCUT2D eigenvalue weighted by Crippen LogP contribution is -1.96. The van der Waals surface area contributed by atoms with Gasteiger partial charge in [-0.2, -0.15) is 10.2 Å². The van der Waals surface area contributed by atoms with Gasteiger partial charge in [0.25, 0.3) is 0 Å². The van der Waals surface area contributed by atoms with E-state index in [-0.39, 0.29) is 5.69 Å². The molecule has 8 heteroatoms. The minimum atomic E-state index is -1.09. The van der Waals surface area contributed by atoms with E-state index in [9.17, 15) is 9.90 Å². The van der Waals surface area contributed by atoms with Crippen LogP contribution in [-0.2, 0) is 7.05 Å². The number of ether oxygens (including phenoxy) is 1. The molecule has 3 heterocycles. The van der Waals surface area contributed by atoms with Crippen molar-refractivity contribution in [2.45, 2.75) is 6.92 Å². The van der Waals surface area contributed by atoms with Crippen LogP contribution >= 0.6 is 0 Å². The second-order valence-electron chi connectivity index (χ2n) is 5.37. The second kappa shape index (κ2) is 5.05. The van der Waals surface area contributed by atoms with Crippen molar-refractivity contribution in [1.29, 1.82) is 0 Å². The fourth-order valence-corrected chi connectivity index (χ4v) is 2.81. The molecule has 4 aromatic rings. The van der Waals surface area contributed by atoms with Crippen LogP contribution in [0.3, 0.4) is 0 Å². The minimum Gasteiger partial charge on any atom is -0.476 e. The predicted molar refractivity (Wildman–Crippen MR) is 86.4 cm³/mol. The highest BCUT2D eigenvalue weighted by molar-refractivity contribution is 6.02. The summed E-state index contributed by atoms with van der Waals surface area (Å²) in [4.78, 5) is 15.5. The van der Waals surface area contributed by atoms with E-state index in [1.807, 2.05) is 14.0 Å². The standard InChI is InChI=1S/C16H13N5O3/c1-8-12-10(6-7-17-15(12)21(2)20-8)24-11-5-3-4-9-13(11)18-19-14(9)16(22)23/h3-7H,1-2H3,(H,18,19)(H,22,23). The summed E-state index contributed by atoms with van der Waals surface area (Å²) in [5.41, 5.74) is 2.01. The number of hydrogen-bond acceptors (Lipinski definition) is 5. The molecule has 120 valence electrons. The summed E-state index contributed by atoms with van der Waals surface area (Å²) in [5.74, 6) is 0.000586. The minimum absolute atomic E-state index is 0.0344. The Morgan fingerprint density at radius 1 is 1.29 bits per heavy atom. The van der Waals surface area contributed by atoms with Gasteiger partial charge in [0.05, 0.1) is 11.1 Å². The van der Waals surface area contributed by atoms with E-state index in [0.29, 0.717) is 28.0 Å². The first-order valence-electron chi connectivity index (χ1n) is 7.23. The van der Waals surface area contributed by atoms with Crippen LogP contribution in [0.5, 0.6) is 11.5 Å². The van der Waals surface area contributed by atoms with Gasteiger partial charge in [0, 0.05) is 18.6 Å². The zero-order chi connectivity index (χ0) is 16.8. The number of nitrogens with one attached hydrogen (secondary N) is 1. The molecule has 0 saturated carbocycles. The van der Waals surface area contributed by atoms with Crippen molar-refractivity contribution in [3.63, 3.8) is 0 Å². The Hall–Kier alpha value is -3.42. The van der Waals surface area contributed by atoms with Gasteiger partial charge in [-0.05, 0) is 19.1 Å². The smallest absolute Gasteiger partial charge is 0.357 e. The highest BCUT2D eigenvalue weighted by Crippen LogP contribution is 2.34. The van der Waals surface area contributed by atoms with Gasteiger partial charge in [0.2, 0.25) is 0 Å². The number of nitrogens with zero attached hydrogens (tertiary/aromatic N) is 4. The van der Waals surface area contributed by atoms with Crippen LogP contribution in [0.15, 0.2) is 30.5 Å². The SMILES string of the molecule is Cc1nn(C)c2nccc(Oc3cccc4c(C(=O)O)n[nH]c34)c12. The Morgan fingerprint density at radius 3 is 2.92 bits per heavy atom. The summed E-state index contributed by atoms with van der Waals surface area (Å²) in [5, 5.41) is 21.4. The number of aromatic amines is 1. The van der Waals surface area contributed by atoms with Crippen molar-refractivity contribution >= 4 is 27.9 Å². The Kier molecular flexibility index (Phi) is 2.99. The number of para-hydroxylation sites is 1. The first-order chi connectivity index (χ1) is 11.6. The molecule has 0 fully saturated rings. The molecule has 0 aliphatic rings. The van der Waals surface area contributed by atoms with E-state index in [0.717, 1.165) is 11.1 Å². The molecular weight excluding hydrogens is 310 g/mol. The maximum absolute atomic E-state index is 11.2. The molecule has 2 N–H and O–H groups in total. The van der Waals surface area contributed by atoms with Crippen LogP contribution in [-0.4, -0.2) is 36.0 Å². The van der Waals surface area contributed by atoms with Crippen LogP contribution in [0, 0.1) is 6.92 Å². The normalized spacial score (nSPS) is 11.2. The molecule has 3 aromatic heterocycles. The molecule has 0 amide bonds. The van der Waals surface area contributed by atoms with Gasteiger partial charge in [-0.15, -0.1) is 0 Å². The van der Waals surface area contributed by atoms with Crippen LogP contribution in [0.2, 0.25) is 0 Å². The third-order valence-corrected chi connectivity index (χ3v) is 3.84. The lowest BCUT2D eigenvalue weighted by Gasteiger charge is -2.08. The molecule has 0 spiro atoms. The van der Waals surface area contributed by atoms with E-state index < -0.39 is 5.97 Å². The van der Waals surface area contributed by atoms with E-state index in [1.165, 1.54) is 0 Å². The van der Waals surface area contributed by atoms with Gasteiger partial charge in [-0.1, -0.05) is 12.1 Å². The average molecular weight is 323 g/mol. The Bertz CT molecular complexity index is 1100. The zero-order valence-corrected chi connectivity index (χ0v) is 12.9. The lowest BCUT2D eigenvalue weighted by molar-refractivity contribution is 0.0692. The molecule has 0 unspecified atom stereocenters. The maximum atomic E-state index is 11.2. The topological polar surface area (TPSA) is 106 Å². The number of aryl methyl sites for hydroxylation is 2. The third kappa shape index (κ3) is 2.00. The number of carboxylic acid groups (broad SMARTS) is 1. The fourth-order valence-electron chi connectivity index (χ4n) is 2.81. The molecule has 0 aliphatic heterocycles. The highest BCUT2D eigenvalue weighted by atomic mass is 16.5. The van der Waals surface area contributed by atoms with Gasteiger partial charge in [0.1, 0.15) is 11.3 Å². The molecule has 0 saturated heterocycles. The molecular formula is C16H13N5O3. The average Bonchev–Trinajstić information content (AvgIpc) is 3.11. The summed E-state index contributed by atoms with van der Waals surface area (Å²) in [6.45, 7) is 1.89. The number of aromatic carboxylic acids is 1. The molecule has 8 nitrogen and oxygen atoms in total. The molecule has 0 radical (unpaired) electrons. The van der Waals surface area contributed by atoms with Crippen molar-refractivity contribution in [3.05, 3.63) is 41.9 Å². The zero-order valence-electron chi connectivity index (χ0n) is 12.9. The number of fused-ring (bicyclic) bond motifs is 2. The van der Waals surface area contributed by atoms with Crippen LogP contribution in [0.1, 0.15) is 16.2 Å². The summed E-state index contributed by atoms with van der Waals surface area (Å²) in [7, 11) is 1.82.